The zero-order valence-corrected chi connectivity index (χ0v) is 21.1. The van der Waals surface area contributed by atoms with E-state index < -0.39 is 11.4 Å². The molecule has 0 radical (unpaired) electrons. The Morgan fingerprint density at radius 1 is 1.24 bits per heavy atom. The van der Waals surface area contributed by atoms with E-state index in [1.54, 1.807) is 0 Å². The topological polar surface area (TPSA) is 71.5 Å². The second-order valence-electron chi connectivity index (χ2n) is 10.1. The van der Waals surface area contributed by atoms with Crippen molar-refractivity contribution in [3.05, 3.63) is 16.7 Å². The monoisotopic (exact) mass is 493 g/mol. The first kappa shape index (κ1) is 22.9. The standard InChI is InChI=1S/C23H29ClFN5O2S/c1-6-33-21-27-18-15-17(26-19(24)16(18)25)11(2)9-14-13-8-7-12(10-29(14)20(15)28-21)30(13)22(31)32-23(3,4)5/h11-14H,6-10H2,1-5H3/t11-,12+,13-,14-/m0/s1. The highest BCUT2D eigenvalue weighted by Crippen LogP contribution is 2.47. The predicted octanol–water partition coefficient (Wildman–Crippen LogP) is 5.39. The Bertz CT molecular complexity index is 1130. The minimum Gasteiger partial charge on any atom is -0.444 e. The van der Waals surface area contributed by atoms with Gasteiger partial charge in [-0.2, -0.15) is 0 Å². The predicted molar refractivity (Wildman–Crippen MR) is 128 cm³/mol. The highest BCUT2D eigenvalue weighted by Gasteiger charge is 2.51. The molecule has 0 aliphatic carbocycles. The molecule has 3 aliphatic rings. The minimum absolute atomic E-state index is 0.00275. The van der Waals surface area contributed by atoms with Gasteiger partial charge >= 0.3 is 6.09 Å². The quantitative estimate of drug-likeness (QED) is 0.315. The van der Waals surface area contributed by atoms with E-state index in [1.807, 2.05) is 32.6 Å². The third kappa shape index (κ3) is 3.81. The van der Waals surface area contributed by atoms with Crippen LogP contribution >= 0.6 is 23.4 Å². The fourth-order valence-corrected chi connectivity index (χ4v) is 6.28. The number of anilines is 1. The van der Waals surface area contributed by atoms with Crippen LogP contribution in [0.1, 0.15) is 65.5 Å². The molecule has 0 saturated carbocycles. The third-order valence-corrected chi connectivity index (χ3v) is 7.72. The van der Waals surface area contributed by atoms with Gasteiger partial charge in [0.1, 0.15) is 16.9 Å². The summed E-state index contributed by atoms with van der Waals surface area (Å²) in [6.07, 6.45) is 2.32. The van der Waals surface area contributed by atoms with E-state index in [2.05, 4.69) is 21.8 Å². The molecule has 3 aliphatic heterocycles. The largest absolute Gasteiger partial charge is 0.444 e. The smallest absolute Gasteiger partial charge is 0.410 e. The number of rotatable bonds is 2. The van der Waals surface area contributed by atoms with Crippen LogP contribution in [0.4, 0.5) is 15.0 Å². The van der Waals surface area contributed by atoms with Crippen LogP contribution < -0.4 is 4.90 Å². The number of hydrogen-bond donors (Lipinski definition) is 0. The summed E-state index contributed by atoms with van der Waals surface area (Å²) in [5, 5.41) is 1.03. The van der Waals surface area contributed by atoms with Crippen LogP contribution in [-0.4, -0.2) is 62.0 Å². The lowest BCUT2D eigenvalue weighted by Crippen LogP contribution is -2.62. The Hall–Kier alpha value is -1.87. The van der Waals surface area contributed by atoms with Crippen LogP contribution in [0.2, 0.25) is 5.15 Å². The lowest BCUT2D eigenvalue weighted by molar-refractivity contribution is 0.00693. The van der Waals surface area contributed by atoms with Crippen LogP contribution in [0.5, 0.6) is 0 Å². The van der Waals surface area contributed by atoms with E-state index in [4.69, 9.17) is 21.3 Å². The third-order valence-electron chi connectivity index (χ3n) is 6.74. The van der Waals surface area contributed by atoms with Gasteiger partial charge in [0.2, 0.25) is 0 Å². The van der Waals surface area contributed by atoms with E-state index in [0.717, 1.165) is 30.7 Å². The van der Waals surface area contributed by atoms with Crippen molar-refractivity contribution in [3.8, 4) is 0 Å². The van der Waals surface area contributed by atoms with Gasteiger partial charge in [-0.3, -0.25) is 4.90 Å². The Morgan fingerprint density at radius 3 is 2.70 bits per heavy atom. The van der Waals surface area contributed by atoms with E-state index in [0.29, 0.717) is 22.9 Å². The van der Waals surface area contributed by atoms with Crippen molar-refractivity contribution in [3.63, 3.8) is 0 Å². The van der Waals surface area contributed by atoms with Crippen molar-refractivity contribution in [2.75, 3.05) is 17.2 Å². The van der Waals surface area contributed by atoms with Crippen molar-refractivity contribution in [2.24, 2.45) is 0 Å². The number of amides is 1. The van der Waals surface area contributed by atoms with Crippen molar-refractivity contribution in [1.29, 1.82) is 0 Å². The number of halogens is 2. The minimum atomic E-state index is -0.599. The molecule has 2 saturated heterocycles. The highest BCUT2D eigenvalue weighted by molar-refractivity contribution is 7.99. The number of hydrogen-bond acceptors (Lipinski definition) is 7. The first-order valence-electron chi connectivity index (χ1n) is 11.6. The normalized spacial score (nSPS) is 26.4. The Kier molecular flexibility index (Phi) is 5.63. The molecule has 0 aromatic carbocycles. The number of thioether (sulfide) groups is 1. The molecule has 178 valence electrons. The molecule has 2 bridgehead atoms. The molecular formula is C23H29ClFN5O2S. The van der Waals surface area contributed by atoms with Gasteiger partial charge in [-0.1, -0.05) is 37.2 Å². The molecule has 2 aromatic rings. The molecule has 4 atom stereocenters. The van der Waals surface area contributed by atoms with Gasteiger partial charge in [0.25, 0.3) is 0 Å². The van der Waals surface area contributed by atoms with Gasteiger partial charge in [-0.15, -0.1) is 0 Å². The molecule has 5 heterocycles. The van der Waals surface area contributed by atoms with Crippen molar-refractivity contribution in [2.45, 2.75) is 88.7 Å². The summed E-state index contributed by atoms with van der Waals surface area (Å²) in [7, 11) is 0. The van der Waals surface area contributed by atoms with Crippen molar-refractivity contribution < 1.29 is 13.9 Å². The molecule has 1 amide bonds. The Balaban J connectivity index is 1.64. The van der Waals surface area contributed by atoms with E-state index in [9.17, 15) is 4.79 Å². The van der Waals surface area contributed by atoms with Gasteiger partial charge < -0.3 is 9.64 Å². The van der Waals surface area contributed by atoms with Crippen molar-refractivity contribution in [1.82, 2.24) is 19.9 Å². The highest BCUT2D eigenvalue weighted by atomic mass is 35.5. The van der Waals surface area contributed by atoms with Gasteiger partial charge in [0, 0.05) is 12.5 Å². The number of aromatic nitrogens is 3. The maximum absolute atomic E-state index is 15.1. The number of nitrogens with zero attached hydrogens (tertiary/aromatic N) is 5. The second-order valence-corrected chi connectivity index (χ2v) is 11.7. The summed E-state index contributed by atoms with van der Waals surface area (Å²) < 4.78 is 20.9. The maximum atomic E-state index is 15.1. The number of ether oxygens (including phenoxy) is 1. The average molecular weight is 494 g/mol. The number of fused-ring (bicyclic) bond motifs is 5. The number of pyridine rings is 1. The van der Waals surface area contributed by atoms with Gasteiger partial charge in [-0.05, 0) is 45.8 Å². The Morgan fingerprint density at radius 2 is 2.00 bits per heavy atom. The average Bonchev–Trinajstić information content (AvgIpc) is 3.01. The summed E-state index contributed by atoms with van der Waals surface area (Å²) in [6.45, 7) is 10.4. The van der Waals surface area contributed by atoms with Gasteiger partial charge in [-0.25, -0.2) is 24.1 Å². The molecule has 7 nitrogen and oxygen atoms in total. The lowest BCUT2D eigenvalue weighted by atomic mass is 9.92. The maximum Gasteiger partial charge on any atom is 0.410 e. The fraction of sp³-hybridized carbons (Fsp3) is 0.652. The van der Waals surface area contributed by atoms with E-state index in [-0.39, 0.29) is 40.8 Å². The molecule has 10 heteroatoms. The lowest BCUT2D eigenvalue weighted by Gasteiger charge is -2.47. The van der Waals surface area contributed by atoms with Crippen LogP contribution in [0.25, 0.3) is 10.9 Å². The van der Waals surface area contributed by atoms with Gasteiger partial charge in [0.05, 0.1) is 29.2 Å². The van der Waals surface area contributed by atoms with E-state index in [1.165, 1.54) is 11.8 Å². The summed E-state index contributed by atoms with van der Waals surface area (Å²) in [5.41, 5.74) is 0.415. The molecule has 0 spiro atoms. The fourth-order valence-electron chi connectivity index (χ4n) is 5.53. The van der Waals surface area contributed by atoms with Gasteiger partial charge in [0.15, 0.2) is 16.1 Å². The van der Waals surface area contributed by atoms with Crippen LogP contribution in [0, 0.1) is 5.82 Å². The summed E-state index contributed by atoms with van der Waals surface area (Å²) in [4.78, 5) is 31.2. The first-order chi connectivity index (χ1) is 15.6. The van der Waals surface area contributed by atoms with Crippen molar-refractivity contribution >= 4 is 46.2 Å². The molecule has 33 heavy (non-hydrogen) atoms. The zero-order chi connectivity index (χ0) is 23.7. The summed E-state index contributed by atoms with van der Waals surface area (Å²) in [5.74, 6) is 0.892. The molecule has 0 N–H and O–H groups in total. The first-order valence-corrected chi connectivity index (χ1v) is 12.9. The number of piperazine rings is 1. The molecule has 0 unspecified atom stereocenters. The molecule has 5 rings (SSSR count). The number of carbonyl (C=O) groups excluding carboxylic acids is 1. The SMILES string of the molecule is CCSc1nc2c3c(nc(Cl)c(F)c3n1)[C@@H](C)C[C@H]1[C@@H]3CC[C@H](CN21)N3C(=O)OC(C)(C)C. The Labute approximate surface area is 202 Å². The van der Waals surface area contributed by atoms with Crippen LogP contribution in [-0.2, 0) is 4.74 Å². The number of carbonyl (C=O) groups is 1. The molecule has 2 fully saturated rings. The second kappa shape index (κ2) is 8.12. The van der Waals surface area contributed by atoms with E-state index >= 15 is 4.39 Å². The molecular weight excluding hydrogens is 465 g/mol. The van der Waals surface area contributed by atoms with Crippen LogP contribution in [0.15, 0.2) is 5.16 Å². The zero-order valence-electron chi connectivity index (χ0n) is 19.6. The molecule has 2 aromatic heterocycles. The summed E-state index contributed by atoms with van der Waals surface area (Å²) in [6, 6.07) is 0.0539. The summed E-state index contributed by atoms with van der Waals surface area (Å²) >= 11 is 7.68. The van der Waals surface area contributed by atoms with Crippen LogP contribution in [0.3, 0.4) is 0 Å².